The van der Waals surface area contributed by atoms with Crippen LogP contribution in [-0.2, 0) is 4.79 Å². The highest BCUT2D eigenvalue weighted by Crippen LogP contribution is 2.24. The summed E-state index contributed by atoms with van der Waals surface area (Å²) >= 11 is 5.97. The second-order valence-corrected chi connectivity index (χ2v) is 7.97. The number of rotatable bonds is 5. The highest BCUT2D eigenvalue weighted by molar-refractivity contribution is 6.30. The van der Waals surface area contributed by atoms with Crippen LogP contribution in [0, 0.1) is 0 Å². The van der Waals surface area contributed by atoms with E-state index in [9.17, 15) is 9.59 Å². The number of carbonyl (C=O) groups is 2. The fraction of sp³-hybridized carbons (Fsp3) is 0.619. The number of amides is 2. The Bertz CT molecular complexity index is 621. The lowest BCUT2D eigenvalue weighted by atomic mass is 10.0. The third kappa shape index (κ3) is 5.69. The Morgan fingerprint density at radius 3 is 2.30 bits per heavy atom. The third-order valence-corrected chi connectivity index (χ3v) is 5.91. The van der Waals surface area contributed by atoms with Crippen molar-refractivity contribution in [2.24, 2.45) is 0 Å². The monoisotopic (exact) mass is 391 g/mol. The molecule has 0 unspecified atom stereocenters. The summed E-state index contributed by atoms with van der Waals surface area (Å²) in [5.41, 5.74) is 0.651. The predicted molar refractivity (Wildman–Crippen MR) is 108 cm³/mol. The van der Waals surface area contributed by atoms with Crippen LogP contribution in [-0.4, -0.2) is 60.4 Å². The largest absolute Gasteiger partial charge is 0.340 e. The molecule has 1 saturated heterocycles. The van der Waals surface area contributed by atoms with Crippen LogP contribution in [0.3, 0.4) is 0 Å². The van der Waals surface area contributed by atoms with Crippen molar-refractivity contribution in [2.45, 2.75) is 51.0 Å². The van der Waals surface area contributed by atoms with Crippen molar-refractivity contribution in [3.05, 3.63) is 34.9 Å². The van der Waals surface area contributed by atoms with Gasteiger partial charge in [0.25, 0.3) is 5.91 Å². The Balaban J connectivity index is 1.69. The summed E-state index contributed by atoms with van der Waals surface area (Å²) < 4.78 is 0. The molecule has 27 heavy (non-hydrogen) atoms. The van der Waals surface area contributed by atoms with Gasteiger partial charge in [0, 0.05) is 55.8 Å². The molecule has 0 radical (unpaired) electrons. The highest BCUT2D eigenvalue weighted by Gasteiger charge is 2.27. The minimum absolute atomic E-state index is 0.0201. The van der Waals surface area contributed by atoms with Crippen molar-refractivity contribution >= 4 is 23.4 Å². The van der Waals surface area contributed by atoms with Gasteiger partial charge in [0.05, 0.1) is 0 Å². The lowest BCUT2D eigenvalue weighted by Crippen LogP contribution is -2.48. The molecule has 1 aliphatic carbocycles. The van der Waals surface area contributed by atoms with Crippen molar-refractivity contribution in [2.75, 3.05) is 32.7 Å². The van der Waals surface area contributed by atoms with E-state index in [2.05, 4.69) is 5.32 Å². The number of carbonyl (C=O) groups excluding carboxylic acids is 2. The van der Waals surface area contributed by atoms with Gasteiger partial charge < -0.3 is 15.1 Å². The molecule has 5 nitrogen and oxygen atoms in total. The second kappa shape index (κ2) is 10.1. The van der Waals surface area contributed by atoms with Crippen LogP contribution in [0.2, 0.25) is 5.02 Å². The van der Waals surface area contributed by atoms with Crippen LogP contribution in [0.4, 0.5) is 0 Å². The number of hydrogen-bond donors (Lipinski definition) is 1. The van der Waals surface area contributed by atoms with Gasteiger partial charge in [0.2, 0.25) is 5.91 Å². The first kappa shape index (κ1) is 20.2. The van der Waals surface area contributed by atoms with Crippen molar-refractivity contribution in [1.82, 2.24) is 15.1 Å². The van der Waals surface area contributed by atoms with Crippen molar-refractivity contribution in [3.63, 3.8) is 0 Å². The molecule has 148 valence electrons. The van der Waals surface area contributed by atoms with E-state index in [0.29, 0.717) is 23.6 Å². The predicted octanol–water partition coefficient (Wildman–Crippen LogP) is 3.33. The van der Waals surface area contributed by atoms with E-state index < -0.39 is 0 Å². The Morgan fingerprint density at radius 1 is 1.04 bits per heavy atom. The third-order valence-electron chi connectivity index (χ3n) is 5.65. The Kier molecular flexibility index (Phi) is 7.53. The summed E-state index contributed by atoms with van der Waals surface area (Å²) in [6.45, 7) is 3.71. The van der Waals surface area contributed by atoms with Crippen LogP contribution >= 0.6 is 11.6 Å². The van der Waals surface area contributed by atoms with E-state index in [-0.39, 0.29) is 17.9 Å². The van der Waals surface area contributed by atoms with Crippen LogP contribution in [0.1, 0.15) is 55.3 Å². The van der Waals surface area contributed by atoms with Gasteiger partial charge >= 0.3 is 0 Å². The Labute approximate surface area is 167 Å². The lowest BCUT2D eigenvalue weighted by Gasteiger charge is -2.33. The molecule has 0 atom stereocenters. The molecule has 6 heteroatoms. The molecule has 1 aromatic rings. The maximum absolute atomic E-state index is 13.2. The number of halogens is 1. The van der Waals surface area contributed by atoms with Gasteiger partial charge in [-0.2, -0.15) is 0 Å². The molecule has 2 amide bonds. The second-order valence-electron chi connectivity index (χ2n) is 7.53. The molecular weight excluding hydrogens is 362 g/mol. The topological polar surface area (TPSA) is 52.7 Å². The normalized spacial score (nSPS) is 18.8. The van der Waals surface area contributed by atoms with Crippen molar-refractivity contribution < 1.29 is 9.59 Å². The van der Waals surface area contributed by atoms with E-state index in [1.54, 1.807) is 24.3 Å². The van der Waals surface area contributed by atoms with Gasteiger partial charge in [-0.25, -0.2) is 0 Å². The zero-order valence-electron chi connectivity index (χ0n) is 16.0. The molecular formula is C21H30ClN3O2. The molecule has 3 rings (SSSR count). The summed E-state index contributed by atoms with van der Waals surface area (Å²) in [7, 11) is 0. The molecule has 2 aliphatic rings. The molecule has 2 fully saturated rings. The van der Waals surface area contributed by atoms with Crippen LogP contribution in [0.15, 0.2) is 24.3 Å². The minimum atomic E-state index is 0.0201. The zero-order chi connectivity index (χ0) is 19.1. The maximum Gasteiger partial charge on any atom is 0.254 e. The lowest BCUT2D eigenvalue weighted by molar-refractivity contribution is -0.132. The molecule has 1 aromatic carbocycles. The first-order valence-corrected chi connectivity index (χ1v) is 10.6. The van der Waals surface area contributed by atoms with Crippen molar-refractivity contribution in [1.29, 1.82) is 0 Å². The van der Waals surface area contributed by atoms with Gasteiger partial charge in [0.1, 0.15) is 0 Å². The minimum Gasteiger partial charge on any atom is -0.340 e. The number of hydrogen-bond acceptors (Lipinski definition) is 3. The maximum atomic E-state index is 13.2. The zero-order valence-corrected chi connectivity index (χ0v) is 16.7. The number of nitrogens with zero attached hydrogens (tertiary/aromatic N) is 2. The number of piperazine rings is 1. The summed E-state index contributed by atoms with van der Waals surface area (Å²) in [6.07, 6.45) is 7.23. The van der Waals surface area contributed by atoms with E-state index in [4.69, 9.17) is 11.6 Å². The summed E-state index contributed by atoms with van der Waals surface area (Å²) in [6, 6.07) is 7.31. The van der Waals surface area contributed by atoms with E-state index >= 15 is 0 Å². The average Bonchev–Trinajstić information content (AvgIpc) is 2.98. The molecule has 1 aliphatic heterocycles. The first-order chi connectivity index (χ1) is 13.1. The van der Waals surface area contributed by atoms with E-state index in [1.807, 2.05) is 9.80 Å². The first-order valence-electron chi connectivity index (χ1n) is 10.2. The average molecular weight is 392 g/mol. The van der Waals surface area contributed by atoms with Crippen LogP contribution in [0.25, 0.3) is 0 Å². The quantitative estimate of drug-likeness (QED) is 0.783. The van der Waals surface area contributed by atoms with E-state index in [0.717, 1.165) is 51.9 Å². The van der Waals surface area contributed by atoms with E-state index in [1.165, 1.54) is 12.8 Å². The van der Waals surface area contributed by atoms with Gasteiger partial charge in [-0.3, -0.25) is 9.59 Å². The molecule has 0 aromatic heterocycles. The fourth-order valence-electron chi connectivity index (χ4n) is 4.07. The molecule has 1 N–H and O–H groups in total. The molecule has 0 spiro atoms. The summed E-state index contributed by atoms with van der Waals surface area (Å²) in [5, 5.41) is 3.89. The summed E-state index contributed by atoms with van der Waals surface area (Å²) in [5.74, 6) is 0.172. The number of nitrogens with one attached hydrogen (secondary N) is 1. The SMILES string of the molecule is O=C(CCN(C(=O)c1ccc(Cl)cc1)C1CCCCCC1)N1CCNCC1. The number of benzene rings is 1. The highest BCUT2D eigenvalue weighted by atomic mass is 35.5. The smallest absolute Gasteiger partial charge is 0.254 e. The Hall–Kier alpha value is -1.59. The van der Waals surface area contributed by atoms with Crippen molar-refractivity contribution in [3.8, 4) is 0 Å². The molecule has 1 saturated carbocycles. The van der Waals surface area contributed by atoms with Gasteiger partial charge in [-0.1, -0.05) is 37.3 Å². The fourth-order valence-corrected chi connectivity index (χ4v) is 4.19. The van der Waals surface area contributed by atoms with Gasteiger partial charge in [-0.05, 0) is 37.1 Å². The Morgan fingerprint density at radius 2 is 1.67 bits per heavy atom. The van der Waals surface area contributed by atoms with Gasteiger partial charge in [0.15, 0.2) is 0 Å². The molecule has 0 bridgehead atoms. The summed E-state index contributed by atoms with van der Waals surface area (Å²) in [4.78, 5) is 29.7. The standard InChI is InChI=1S/C21H30ClN3O2/c22-18-9-7-17(8-10-18)21(27)25(19-5-3-1-2-4-6-19)14-11-20(26)24-15-12-23-13-16-24/h7-10,19,23H,1-6,11-16H2. The molecule has 1 heterocycles. The van der Waals surface area contributed by atoms with Gasteiger partial charge in [-0.15, -0.1) is 0 Å². The van der Waals surface area contributed by atoms with Crippen LogP contribution < -0.4 is 5.32 Å². The van der Waals surface area contributed by atoms with Crippen LogP contribution in [0.5, 0.6) is 0 Å².